The highest BCUT2D eigenvalue weighted by atomic mass is 15.3. The molecule has 0 aliphatic carbocycles. The van der Waals surface area contributed by atoms with E-state index in [1.165, 1.54) is 0 Å². The number of aliphatic imine (C=N–C) groups is 1. The van der Waals surface area contributed by atoms with Crippen LogP contribution in [-0.2, 0) is 0 Å². The molecule has 0 aliphatic heterocycles. The summed E-state index contributed by atoms with van der Waals surface area (Å²) in [7, 11) is 0. The van der Waals surface area contributed by atoms with Gasteiger partial charge in [0.1, 0.15) is 0 Å². The summed E-state index contributed by atoms with van der Waals surface area (Å²) in [6, 6.07) is 2.09. The first-order chi connectivity index (χ1) is 6.51. The van der Waals surface area contributed by atoms with Crippen molar-refractivity contribution in [1.82, 2.24) is 4.90 Å². The van der Waals surface area contributed by atoms with E-state index in [0.29, 0.717) is 13.1 Å². The quantitative estimate of drug-likeness (QED) is 0.423. The molecule has 0 radical (unpaired) electrons. The predicted molar refractivity (Wildman–Crippen MR) is 55.6 cm³/mol. The molecule has 0 saturated heterocycles. The van der Waals surface area contributed by atoms with Gasteiger partial charge in [-0.05, 0) is 13.8 Å². The van der Waals surface area contributed by atoms with E-state index in [-0.39, 0.29) is 17.8 Å². The van der Waals surface area contributed by atoms with E-state index in [9.17, 15) is 0 Å². The highest BCUT2D eigenvalue weighted by Crippen LogP contribution is 1.99. The Hall–Kier alpha value is -1.77. The van der Waals surface area contributed by atoms with Gasteiger partial charge in [0.2, 0.25) is 5.96 Å². The third kappa shape index (κ3) is 4.30. The molecule has 0 saturated carbocycles. The average Bonchev–Trinajstić information content (AvgIpc) is 2.12. The van der Waals surface area contributed by atoms with Crippen molar-refractivity contribution in [3.8, 4) is 6.07 Å². The highest BCUT2D eigenvalue weighted by Gasteiger charge is 2.10. The number of rotatable bonds is 3. The van der Waals surface area contributed by atoms with Gasteiger partial charge in [-0.2, -0.15) is 10.3 Å². The molecule has 0 bridgehead atoms. The summed E-state index contributed by atoms with van der Waals surface area (Å²) in [5.74, 6) is -0.294. The largest absolute Gasteiger partial charge is 0.370 e. The zero-order chi connectivity index (χ0) is 11.1. The minimum atomic E-state index is -0.149. The third-order valence-electron chi connectivity index (χ3n) is 1.63. The van der Waals surface area contributed by atoms with E-state index >= 15 is 0 Å². The molecule has 1 unspecified atom stereocenters. The number of hydrogen-bond donors (Lipinski definition) is 3. The summed E-state index contributed by atoms with van der Waals surface area (Å²) in [6.07, 6.45) is 0. The van der Waals surface area contributed by atoms with E-state index in [4.69, 9.17) is 22.1 Å². The normalized spacial score (nSPS) is 11.2. The fourth-order valence-corrected chi connectivity index (χ4v) is 0.930. The molecule has 0 spiro atoms. The van der Waals surface area contributed by atoms with Crippen LogP contribution in [0.5, 0.6) is 0 Å². The van der Waals surface area contributed by atoms with E-state index in [1.807, 2.05) is 6.92 Å². The zero-order valence-electron chi connectivity index (χ0n) is 8.49. The van der Waals surface area contributed by atoms with Gasteiger partial charge in [-0.3, -0.25) is 5.41 Å². The monoisotopic (exact) mass is 196 g/mol. The van der Waals surface area contributed by atoms with Crippen LogP contribution < -0.4 is 11.5 Å². The average molecular weight is 196 g/mol. The molecule has 0 aliphatic rings. The minimum Gasteiger partial charge on any atom is -0.370 e. The summed E-state index contributed by atoms with van der Waals surface area (Å²) >= 11 is 0. The summed E-state index contributed by atoms with van der Waals surface area (Å²) < 4.78 is 0. The van der Waals surface area contributed by atoms with E-state index in [1.54, 1.807) is 11.8 Å². The number of nitrogens with two attached hydrogens (primary N) is 2. The first kappa shape index (κ1) is 12.2. The SMILES string of the molecule is CCN(CC(C)C#N)C(=N)N=C(N)N. The lowest BCUT2D eigenvalue weighted by Gasteiger charge is -2.21. The maximum atomic E-state index is 8.61. The van der Waals surface area contributed by atoms with Crippen molar-refractivity contribution < 1.29 is 0 Å². The molecule has 6 nitrogen and oxygen atoms in total. The highest BCUT2D eigenvalue weighted by molar-refractivity contribution is 5.91. The van der Waals surface area contributed by atoms with Crippen LogP contribution >= 0.6 is 0 Å². The molecule has 0 heterocycles. The zero-order valence-corrected chi connectivity index (χ0v) is 8.49. The molecule has 14 heavy (non-hydrogen) atoms. The molecular weight excluding hydrogens is 180 g/mol. The van der Waals surface area contributed by atoms with Gasteiger partial charge >= 0.3 is 0 Å². The van der Waals surface area contributed by atoms with Crippen molar-refractivity contribution >= 4 is 11.9 Å². The lowest BCUT2D eigenvalue weighted by molar-refractivity contribution is 0.398. The Labute approximate surface area is 83.7 Å². The van der Waals surface area contributed by atoms with Crippen molar-refractivity contribution in [2.24, 2.45) is 22.4 Å². The first-order valence-corrected chi connectivity index (χ1v) is 4.34. The third-order valence-corrected chi connectivity index (χ3v) is 1.63. The molecule has 0 aromatic carbocycles. The van der Waals surface area contributed by atoms with Crippen LogP contribution in [-0.4, -0.2) is 29.9 Å². The van der Waals surface area contributed by atoms with Crippen molar-refractivity contribution in [3.05, 3.63) is 0 Å². The van der Waals surface area contributed by atoms with Gasteiger partial charge < -0.3 is 16.4 Å². The van der Waals surface area contributed by atoms with Gasteiger partial charge in [0.15, 0.2) is 5.96 Å². The fraction of sp³-hybridized carbons (Fsp3) is 0.625. The molecule has 6 heteroatoms. The number of hydrogen-bond acceptors (Lipinski definition) is 2. The smallest absolute Gasteiger partial charge is 0.221 e. The Morgan fingerprint density at radius 3 is 2.57 bits per heavy atom. The van der Waals surface area contributed by atoms with Gasteiger partial charge in [0, 0.05) is 13.1 Å². The molecule has 0 fully saturated rings. The van der Waals surface area contributed by atoms with E-state index < -0.39 is 0 Å². The van der Waals surface area contributed by atoms with Crippen molar-refractivity contribution in [3.63, 3.8) is 0 Å². The second-order valence-corrected chi connectivity index (χ2v) is 2.93. The first-order valence-electron chi connectivity index (χ1n) is 4.34. The molecule has 0 amide bonds. The lowest BCUT2D eigenvalue weighted by atomic mass is 10.2. The molecular formula is C8H16N6. The van der Waals surface area contributed by atoms with Crippen LogP contribution in [0.25, 0.3) is 0 Å². The summed E-state index contributed by atoms with van der Waals surface area (Å²) in [6.45, 7) is 4.72. The summed E-state index contributed by atoms with van der Waals surface area (Å²) in [5.41, 5.74) is 10.3. The second-order valence-electron chi connectivity index (χ2n) is 2.93. The Morgan fingerprint density at radius 2 is 2.21 bits per heavy atom. The van der Waals surface area contributed by atoms with Gasteiger partial charge in [-0.15, -0.1) is 0 Å². The van der Waals surface area contributed by atoms with Crippen molar-refractivity contribution in [2.75, 3.05) is 13.1 Å². The summed E-state index contributed by atoms with van der Waals surface area (Å²) in [5, 5.41) is 16.1. The molecule has 5 N–H and O–H groups in total. The minimum absolute atomic E-state index is 0.00500. The van der Waals surface area contributed by atoms with E-state index in [0.717, 1.165) is 0 Å². The molecule has 0 rings (SSSR count). The Morgan fingerprint density at radius 1 is 1.64 bits per heavy atom. The van der Waals surface area contributed by atoms with Gasteiger partial charge in [0.25, 0.3) is 0 Å². The maximum Gasteiger partial charge on any atom is 0.221 e. The Balaban J connectivity index is 4.36. The van der Waals surface area contributed by atoms with Crippen molar-refractivity contribution in [2.45, 2.75) is 13.8 Å². The Kier molecular flexibility index (Phi) is 5.07. The predicted octanol–water partition coefficient (Wildman–Crippen LogP) is -0.324. The topological polar surface area (TPSA) is 115 Å². The molecule has 0 aromatic heterocycles. The summed E-state index contributed by atoms with van der Waals surface area (Å²) in [4.78, 5) is 5.24. The van der Waals surface area contributed by atoms with Crippen LogP contribution in [0.3, 0.4) is 0 Å². The maximum absolute atomic E-state index is 8.61. The van der Waals surface area contributed by atoms with E-state index in [2.05, 4.69) is 11.1 Å². The Bertz CT molecular complexity index is 259. The van der Waals surface area contributed by atoms with Gasteiger partial charge in [-0.25, -0.2) is 0 Å². The molecule has 0 aromatic rings. The van der Waals surface area contributed by atoms with Crippen molar-refractivity contribution in [1.29, 1.82) is 10.7 Å². The fourth-order valence-electron chi connectivity index (χ4n) is 0.930. The second kappa shape index (κ2) is 5.80. The van der Waals surface area contributed by atoms with Gasteiger partial charge in [0.05, 0.1) is 12.0 Å². The van der Waals surface area contributed by atoms with Crippen LogP contribution in [0.15, 0.2) is 4.99 Å². The van der Waals surface area contributed by atoms with Crippen LogP contribution in [0.4, 0.5) is 0 Å². The van der Waals surface area contributed by atoms with Gasteiger partial charge in [-0.1, -0.05) is 0 Å². The van der Waals surface area contributed by atoms with Crippen LogP contribution in [0.2, 0.25) is 0 Å². The standard InChI is InChI=1S/C8H16N6/c1-3-14(5-6(2)4-9)8(12)13-7(10)11/h6H,3,5H2,1-2H3,(H5,10,11,12,13). The number of nitrogens with one attached hydrogen (secondary N) is 1. The number of nitrogens with zero attached hydrogens (tertiary/aromatic N) is 3. The molecule has 78 valence electrons. The number of guanidine groups is 2. The number of nitriles is 1. The lowest BCUT2D eigenvalue weighted by Crippen LogP contribution is -2.35. The van der Waals surface area contributed by atoms with Crippen LogP contribution in [0, 0.1) is 22.7 Å². The van der Waals surface area contributed by atoms with Crippen LogP contribution in [0.1, 0.15) is 13.8 Å². The molecule has 1 atom stereocenters.